The molecule has 0 radical (unpaired) electrons. The molecule has 3 N–H and O–H groups in total. The van der Waals surface area contributed by atoms with Crippen molar-refractivity contribution in [3.05, 3.63) is 57.6 Å². The number of nitrogens with zero attached hydrogens (tertiary/aromatic N) is 2. The number of thiazole rings is 1. The zero-order valence-electron chi connectivity index (χ0n) is 15.2. The monoisotopic (exact) mass is 484 g/mol. The maximum absolute atomic E-state index is 12.2. The number of nitro groups is 1. The van der Waals surface area contributed by atoms with E-state index < -0.39 is 39.2 Å². The summed E-state index contributed by atoms with van der Waals surface area (Å²) in [4.78, 5) is 37.5. The third kappa shape index (κ3) is 5.53. The molecule has 0 bridgehead atoms. The Labute approximate surface area is 182 Å². The van der Waals surface area contributed by atoms with Gasteiger partial charge in [0.2, 0.25) is 0 Å². The minimum atomic E-state index is -3.83. The molecule has 0 spiro atoms. The van der Waals surface area contributed by atoms with E-state index in [1.165, 1.54) is 12.1 Å². The summed E-state index contributed by atoms with van der Waals surface area (Å²) in [6.45, 7) is -0.738. The van der Waals surface area contributed by atoms with E-state index in [-0.39, 0.29) is 25.6 Å². The first-order valence-corrected chi connectivity index (χ1v) is 11.3. The van der Waals surface area contributed by atoms with Gasteiger partial charge in [-0.2, -0.15) is 0 Å². The fraction of sp³-hybridized carbons (Fsp3) is 0.0625. The number of hydrogen-bond donors (Lipinski definition) is 3. The topological polar surface area (TPSA) is 178 Å². The smallest absolute Gasteiger partial charge is 0.345 e. The van der Waals surface area contributed by atoms with Crippen molar-refractivity contribution >= 4 is 60.4 Å². The van der Waals surface area contributed by atoms with E-state index >= 15 is 0 Å². The highest BCUT2D eigenvalue weighted by molar-refractivity contribution is 7.94. The molecular weight excluding hydrogens is 472 g/mol. The van der Waals surface area contributed by atoms with Crippen LogP contribution in [0, 0.1) is 10.1 Å². The highest BCUT2D eigenvalue weighted by Crippen LogP contribution is 2.27. The van der Waals surface area contributed by atoms with Crippen molar-refractivity contribution < 1.29 is 32.8 Å². The number of phenols is 1. The Balaban J connectivity index is 1.59. The van der Waals surface area contributed by atoms with E-state index in [0.29, 0.717) is 11.3 Å². The molecule has 1 amide bonds. The fourth-order valence-corrected chi connectivity index (χ4v) is 4.85. The van der Waals surface area contributed by atoms with E-state index in [2.05, 4.69) is 15.0 Å². The molecule has 0 atom stereocenters. The molecule has 12 nitrogen and oxygen atoms in total. The summed E-state index contributed by atoms with van der Waals surface area (Å²) in [5.74, 6) is -2.39. The number of phenolic OH excluding ortho intramolecular Hbond substituents is 1. The van der Waals surface area contributed by atoms with Crippen LogP contribution in [-0.2, 0) is 19.6 Å². The van der Waals surface area contributed by atoms with Gasteiger partial charge in [0, 0.05) is 6.07 Å². The molecule has 0 aliphatic rings. The lowest BCUT2D eigenvalue weighted by Gasteiger charge is -2.09. The number of esters is 1. The van der Waals surface area contributed by atoms with E-state index in [0.717, 1.165) is 29.7 Å². The van der Waals surface area contributed by atoms with Gasteiger partial charge in [-0.05, 0) is 34.9 Å². The molecule has 15 heteroatoms. The van der Waals surface area contributed by atoms with Gasteiger partial charge < -0.3 is 9.84 Å². The predicted octanol–water partition coefficient (Wildman–Crippen LogP) is 2.41. The van der Waals surface area contributed by atoms with Gasteiger partial charge in [0.05, 0.1) is 10.6 Å². The Hall–Kier alpha value is -3.56. The quantitative estimate of drug-likeness (QED) is 0.246. The normalized spacial score (nSPS) is 11.0. The van der Waals surface area contributed by atoms with Crippen LogP contribution in [0.3, 0.4) is 0 Å². The standard InChI is InChI=1S/C16H12N4O8S3/c21-11-6-9(19-31(26,27)14-2-1-5-29-14)3-4-10(11)15(23)28-8-12(22)18-16-17-7-13(30-16)20(24)25/h1-7,19,21H,8H2,(H,17,18,22). The molecule has 2 aromatic heterocycles. The number of aromatic nitrogens is 1. The molecule has 0 aliphatic carbocycles. The van der Waals surface area contributed by atoms with Crippen LogP contribution in [0.25, 0.3) is 0 Å². The van der Waals surface area contributed by atoms with Gasteiger partial charge in [-0.15, -0.1) is 11.3 Å². The van der Waals surface area contributed by atoms with Crippen LogP contribution in [0.2, 0.25) is 0 Å². The molecule has 0 saturated carbocycles. The first-order chi connectivity index (χ1) is 14.7. The predicted molar refractivity (Wildman–Crippen MR) is 111 cm³/mol. The van der Waals surface area contributed by atoms with Gasteiger partial charge in [-0.25, -0.2) is 18.2 Å². The number of hydrogen-bond acceptors (Lipinski definition) is 11. The van der Waals surface area contributed by atoms with Gasteiger partial charge in [0.1, 0.15) is 21.7 Å². The zero-order chi connectivity index (χ0) is 22.6. The van der Waals surface area contributed by atoms with Crippen molar-refractivity contribution in [3.63, 3.8) is 0 Å². The number of ether oxygens (including phenoxy) is 1. The Morgan fingerprint density at radius 3 is 2.68 bits per heavy atom. The number of aromatic hydroxyl groups is 1. The van der Waals surface area contributed by atoms with Crippen molar-refractivity contribution in [2.24, 2.45) is 0 Å². The van der Waals surface area contributed by atoms with Crippen molar-refractivity contribution in [2.45, 2.75) is 4.21 Å². The average Bonchev–Trinajstić information content (AvgIpc) is 3.38. The number of rotatable bonds is 8. The van der Waals surface area contributed by atoms with E-state index in [1.54, 1.807) is 11.4 Å². The van der Waals surface area contributed by atoms with E-state index in [4.69, 9.17) is 4.74 Å². The lowest BCUT2D eigenvalue weighted by Crippen LogP contribution is -2.21. The number of benzene rings is 1. The van der Waals surface area contributed by atoms with Gasteiger partial charge in [0.15, 0.2) is 11.7 Å². The maximum Gasteiger partial charge on any atom is 0.345 e. The number of sulfonamides is 1. The van der Waals surface area contributed by atoms with Crippen LogP contribution in [0.4, 0.5) is 15.8 Å². The van der Waals surface area contributed by atoms with Gasteiger partial charge in [-0.3, -0.25) is 24.9 Å². The summed E-state index contributed by atoms with van der Waals surface area (Å²) in [5, 5.41) is 24.2. The lowest BCUT2D eigenvalue weighted by atomic mass is 10.2. The van der Waals surface area contributed by atoms with Gasteiger partial charge >= 0.3 is 11.0 Å². The Morgan fingerprint density at radius 1 is 1.29 bits per heavy atom. The Bertz CT molecular complexity index is 1240. The number of thiophene rings is 1. The van der Waals surface area contributed by atoms with Gasteiger partial charge in [-0.1, -0.05) is 6.07 Å². The molecule has 1 aromatic carbocycles. The number of amides is 1. The third-order valence-corrected chi connectivity index (χ3v) is 7.13. The molecule has 0 unspecified atom stereocenters. The first-order valence-electron chi connectivity index (χ1n) is 8.12. The molecule has 2 heterocycles. The second-order valence-electron chi connectivity index (χ2n) is 5.65. The van der Waals surface area contributed by atoms with Crippen LogP contribution in [-0.4, -0.2) is 41.9 Å². The highest BCUT2D eigenvalue weighted by Gasteiger charge is 2.19. The summed E-state index contributed by atoms with van der Waals surface area (Å²) in [6.07, 6.45) is 0.971. The minimum absolute atomic E-state index is 0.0190. The SMILES string of the molecule is O=C(COC(=O)c1ccc(NS(=O)(=O)c2cccs2)cc1O)Nc1ncc([N+](=O)[O-])s1. The Kier molecular flexibility index (Phi) is 6.47. The second kappa shape index (κ2) is 9.07. The van der Waals surface area contributed by atoms with E-state index in [1.807, 2.05) is 0 Å². The molecule has 31 heavy (non-hydrogen) atoms. The Morgan fingerprint density at radius 2 is 2.06 bits per heavy atom. The van der Waals surface area contributed by atoms with E-state index in [9.17, 15) is 33.2 Å². The van der Waals surface area contributed by atoms with Crippen molar-refractivity contribution in [3.8, 4) is 5.75 Å². The van der Waals surface area contributed by atoms with Crippen molar-refractivity contribution in [1.29, 1.82) is 0 Å². The number of carbonyl (C=O) groups excluding carboxylic acids is 2. The summed E-state index contributed by atoms with van der Waals surface area (Å²) in [5.41, 5.74) is -0.276. The van der Waals surface area contributed by atoms with Crippen LogP contribution in [0.5, 0.6) is 5.75 Å². The summed E-state index contributed by atoms with van der Waals surface area (Å²) >= 11 is 1.64. The number of nitrogens with one attached hydrogen (secondary N) is 2. The molecule has 3 aromatic rings. The van der Waals surface area contributed by atoms with Crippen molar-refractivity contribution in [2.75, 3.05) is 16.6 Å². The van der Waals surface area contributed by atoms with Gasteiger partial charge in [0.25, 0.3) is 15.9 Å². The molecule has 3 rings (SSSR count). The maximum atomic E-state index is 12.2. The molecule has 0 aliphatic heterocycles. The first kappa shape index (κ1) is 22.1. The largest absolute Gasteiger partial charge is 0.507 e. The lowest BCUT2D eigenvalue weighted by molar-refractivity contribution is -0.380. The van der Waals surface area contributed by atoms with Crippen LogP contribution in [0.1, 0.15) is 10.4 Å². The van der Waals surface area contributed by atoms with Crippen LogP contribution < -0.4 is 10.0 Å². The molecule has 162 valence electrons. The highest BCUT2D eigenvalue weighted by atomic mass is 32.2. The fourth-order valence-electron chi connectivity index (χ4n) is 2.16. The second-order valence-corrected chi connectivity index (χ2v) is 9.52. The summed E-state index contributed by atoms with van der Waals surface area (Å²) in [6, 6.07) is 6.38. The summed E-state index contributed by atoms with van der Waals surface area (Å²) in [7, 11) is -3.83. The molecule has 0 saturated heterocycles. The van der Waals surface area contributed by atoms with Crippen LogP contribution >= 0.6 is 22.7 Å². The van der Waals surface area contributed by atoms with Crippen molar-refractivity contribution in [1.82, 2.24) is 4.98 Å². The summed E-state index contributed by atoms with van der Waals surface area (Å²) < 4.78 is 31.5. The third-order valence-electron chi connectivity index (χ3n) is 3.48. The number of carbonyl (C=O) groups is 2. The average molecular weight is 484 g/mol. The molecular formula is C16H12N4O8S3. The van der Waals surface area contributed by atoms with Crippen LogP contribution in [0.15, 0.2) is 46.1 Å². The molecule has 0 fully saturated rings. The number of anilines is 2. The zero-order valence-corrected chi connectivity index (χ0v) is 17.6. The minimum Gasteiger partial charge on any atom is -0.507 e.